The molecule has 5 rings (SSSR count). The van der Waals surface area contributed by atoms with E-state index < -0.39 is 0 Å². The zero-order chi connectivity index (χ0) is 13.6. The van der Waals surface area contributed by atoms with Gasteiger partial charge >= 0.3 is 0 Å². The summed E-state index contributed by atoms with van der Waals surface area (Å²) in [5.74, 6) is 4.70. The van der Waals surface area contributed by atoms with Gasteiger partial charge in [0.25, 0.3) is 0 Å². The van der Waals surface area contributed by atoms with Gasteiger partial charge in [0, 0.05) is 12.1 Å². The molecule has 0 saturated heterocycles. The van der Waals surface area contributed by atoms with Gasteiger partial charge in [0.15, 0.2) is 0 Å². The van der Waals surface area contributed by atoms with E-state index in [1.165, 1.54) is 38.5 Å². The first-order valence-electron chi connectivity index (χ1n) is 8.09. The van der Waals surface area contributed by atoms with Gasteiger partial charge in [-0.3, -0.25) is 4.98 Å². The van der Waals surface area contributed by atoms with E-state index in [0.29, 0.717) is 5.54 Å². The van der Waals surface area contributed by atoms with Crippen LogP contribution in [-0.2, 0) is 0 Å². The molecule has 4 heteroatoms. The molecule has 4 aliphatic carbocycles. The monoisotopic (exact) mass is 272 g/mol. The lowest BCUT2D eigenvalue weighted by atomic mass is 9.53. The maximum atomic E-state index is 4.65. The highest BCUT2D eigenvalue weighted by Gasteiger charge is 2.51. The van der Waals surface area contributed by atoms with Crippen molar-refractivity contribution >= 4 is 11.6 Å². The molecule has 1 heterocycles. The van der Waals surface area contributed by atoms with E-state index in [-0.39, 0.29) is 0 Å². The second-order valence-electron chi connectivity index (χ2n) is 7.14. The van der Waals surface area contributed by atoms with Crippen molar-refractivity contribution in [3.05, 3.63) is 12.4 Å². The predicted octanol–water partition coefficient (Wildman–Crippen LogP) is 3.29. The van der Waals surface area contributed by atoms with E-state index in [9.17, 15) is 0 Å². The van der Waals surface area contributed by atoms with Crippen LogP contribution in [0.2, 0.25) is 0 Å². The first-order chi connectivity index (χ1) is 9.75. The SMILES string of the molecule is CCNc1cncc(NC23CC4CC(CC(C4)C2)C3)n1. The smallest absolute Gasteiger partial charge is 0.147 e. The molecule has 20 heavy (non-hydrogen) atoms. The van der Waals surface area contributed by atoms with E-state index >= 15 is 0 Å². The molecule has 0 unspecified atom stereocenters. The molecule has 108 valence electrons. The highest BCUT2D eigenvalue weighted by Crippen LogP contribution is 2.56. The minimum Gasteiger partial charge on any atom is -0.369 e. The summed E-state index contributed by atoms with van der Waals surface area (Å²) < 4.78 is 0. The quantitative estimate of drug-likeness (QED) is 0.883. The number of hydrogen-bond donors (Lipinski definition) is 2. The molecule has 0 aromatic carbocycles. The van der Waals surface area contributed by atoms with E-state index in [4.69, 9.17) is 0 Å². The van der Waals surface area contributed by atoms with Gasteiger partial charge < -0.3 is 10.6 Å². The summed E-state index contributed by atoms with van der Waals surface area (Å²) in [7, 11) is 0. The summed E-state index contributed by atoms with van der Waals surface area (Å²) in [6.45, 7) is 2.97. The fraction of sp³-hybridized carbons (Fsp3) is 0.750. The van der Waals surface area contributed by atoms with Crippen LogP contribution in [0.25, 0.3) is 0 Å². The van der Waals surface area contributed by atoms with Gasteiger partial charge in [-0.2, -0.15) is 0 Å². The van der Waals surface area contributed by atoms with Crippen LogP contribution in [0.3, 0.4) is 0 Å². The Hall–Kier alpha value is -1.32. The van der Waals surface area contributed by atoms with E-state index in [1.54, 1.807) is 6.20 Å². The maximum Gasteiger partial charge on any atom is 0.147 e. The normalized spacial score (nSPS) is 38.0. The van der Waals surface area contributed by atoms with Gasteiger partial charge in [-0.25, -0.2) is 4.98 Å². The Balaban J connectivity index is 1.55. The van der Waals surface area contributed by atoms with Crippen molar-refractivity contribution in [2.45, 2.75) is 51.0 Å². The molecule has 1 aromatic heterocycles. The van der Waals surface area contributed by atoms with Gasteiger partial charge in [-0.15, -0.1) is 0 Å². The lowest BCUT2D eigenvalue weighted by molar-refractivity contribution is 0.0105. The van der Waals surface area contributed by atoms with Gasteiger partial charge in [0.05, 0.1) is 12.4 Å². The molecule has 0 atom stereocenters. The summed E-state index contributed by atoms with van der Waals surface area (Å²) in [5.41, 5.74) is 0.314. The molecule has 4 fully saturated rings. The molecule has 0 spiro atoms. The summed E-state index contributed by atoms with van der Waals surface area (Å²) in [6.07, 6.45) is 12.1. The molecule has 0 radical (unpaired) electrons. The van der Waals surface area contributed by atoms with Crippen molar-refractivity contribution in [3.63, 3.8) is 0 Å². The van der Waals surface area contributed by atoms with Crippen LogP contribution < -0.4 is 10.6 Å². The minimum absolute atomic E-state index is 0.314. The molecule has 0 aliphatic heterocycles. The largest absolute Gasteiger partial charge is 0.369 e. The van der Waals surface area contributed by atoms with E-state index in [1.807, 2.05) is 6.20 Å². The Labute approximate surface area is 120 Å². The Kier molecular flexibility index (Phi) is 2.86. The van der Waals surface area contributed by atoms with Crippen LogP contribution in [-0.4, -0.2) is 22.1 Å². The van der Waals surface area contributed by atoms with Crippen LogP contribution in [0.1, 0.15) is 45.4 Å². The number of aromatic nitrogens is 2. The Morgan fingerprint density at radius 2 is 1.65 bits per heavy atom. The number of nitrogens with one attached hydrogen (secondary N) is 2. The van der Waals surface area contributed by atoms with E-state index in [2.05, 4.69) is 27.5 Å². The standard InChI is InChI=1S/C16H24N4/c1-2-18-14-9-17-10-15(19-14)20-16-6-11-3-12(7-16)5-13(4-11)8-16/h9-13H,2-8H2,1H3,(H2,18,19,20). The van der Waals surface area contributed by atoms with Crippen molar-refractivity contribution < 1.29 is 0 Å². The zero-order valence-electron chi connectivity index (χ0n) is 12.2. The fourth-order valence-corrected chi connectivity index (χ4v) is 5.23. The second-order valence-corrected chi connectivity index (χ2v) is 7.14. The third-order valence-electron chi connectivity index (χ3n) is 5.42. The van der Waals surface area contributed by atoms with Gasteiger partial charge in [-0.1, -0.05) is 0 Å². The van der Waals surface area contributed by atoms with Crippen molar-refractivity contribution in [1.82, 2.24) is 9.97 Å². The third kappa shape index (κ3) is 2.15. The molecule has 2 N–H and O–H groups in total. The number of anilines is 2. The summed E-state index contributed by atoms with van der Waals surface area (Å²) in [6, 6.07) is 0. The lowest BCUT2D eigenvalue weighted by Crippen LogP contribution is -2.54. The van der Waals surface area contributed by atoms with E-state index in [0.717, 1.165) is 35.9 Å². The fourth-order valence-electron chi connectivity index (χ4n) is 5.23. The number of hydrogen-bond acceptors (Lipinski definition) is 4. The Bertz CT molecular complexity index is 464. The molecule has 0 amide bonds. The summed E-state index contributed by atoms with van der Waals surface area (Å²) in [4.78, 5) is 8.97. The van der Waals surface area contributed by atoms with Crippen LogP contribution in [0.15, 0.2) is 12.4 Å². The van der Waals surface area contributed by atoms with Crippen LogP contribution in [0.4, 0.5) is 11.6 Å². The Morgan fingerprint density at radius 3 is 2.25 bits per heavy atom. The zero-order valence-corrected chi connectivity index (χ0v) is 12.2. The molecular weight excluding hydrogens is 248 g/mol. The van der Waals surface area contributed by atoms with Crippen molar-refractivity contribution in [2.24, 2.45) is 17.8 Å². The average molecular weight is 272 g/mol. The van der Waals surface area contributed by atoms with Gasteiger partial charge in [0.1, 0.15) is 11.6 Å². The number of rotatable bonds is 4. The summed E-state index contributed by atoms with van der Waals surface area (Å²) >= 11 is 0. The highest BCUT2D eigenvalue weighted by atomic mass is 15.1. The van der Waals surface area contributed by atoms with Gasteiger partial charge in [-0.05, 0) is 63.2 Å². The topological polar surface area (TPSA) is 49.8 Å². The van der Waals surface area contributed by atoms with Crippen LogP contribution in [0, 0.1) is 17.8 Å². The van der Waals surface area contributed by atoms with Crippen LogP contribution >= 0.6 is 0 Å². The molecule has 4 nitrogen and oxygen atoms in total. The van der Waals surface area contributed by atoms with Crippen molar-refractivity contribution in [2.75, 3.05) is 17.2 Å². The first kappa shape index (κ1) is 12.4. The first-order valence-corrected chi connectivity index (χ1v) is 8.09. The maximum absolute atomic E-state index is 4.65. The molecule has 4 bridgehead atoms. The minimum atomic E-state index is 0.314. The predicted molar refractivity (Wildman–Crippen MR) is 80.7 cm³/mol. The summed E-state index contributed by atoms with van der Waals surface area (Å²) in [5, 5.41) is 7.01. The molecular formula is C16H24N4. The van der Waals surface area contributed by atoms with Crippen LogP contribution in [0.5, 0.6) is 0 Å². The molecule has 4 saturated carbocycles. The second kappa shape index (κ2) is 4.61. The van der Waals surface area contributed by atoms with Crippen molar-refractivity contribution in [3.8, 4) is 0 Å². The third-order valence-corrected chi connectivity index (χ3v) is 5.42. The van der Waals surface area contributed by atoms with Crippen molar-refractivity contribution in [1.29, 1.82) is 0 Å². The number of nitrogens with zero attached hydrogens (tertiary/aromatic N) is 2. The molecule has 4 aliphatic rings. The van der Waals surface area contributed by atoms with Gasteiger partial charge in [0.2, 0.25) is 0 Å². The Morgan fingerprint density at radius 1 is 1.05 bits per heavy atom. The molecule has 1 aromatic rings. The highest BCUT2D eigenvalue weighted by molar-refractivity contribution is 5.44. The average Bonchev–Trinajstić information content (AvgIpc) is 2.37. The lowest BCUT2D eigenvalue weighted by Gasteiger charge is -2.57.